The summed E-state index contributed by atoms with van der Waals surface area (Å²) in [6.07, 6.45) is 1.70. The van der Waals surface area contributed by atoms with Gasteiger partial charge < -0.3 is 5.11 Å². The van der Waals surface area contributed by atoms with E-state index in [1.165, 1.54) is 11.1 Å². The van der Waals surface area contributed by atoms with Crippen molar-refractivity contribution >= 4 is 22.1 Å². The number of aryl methyl sites for hydroxylation is 1. The second-order valence-electron chi connectivity index (χ2n) is 4.16. The van der Waals surface area contributed by atoms with Crippen molar-refractivity contribution in [2.45, 2.75) is 13.5 Å². The van der Waals surface area contributed by atoms with E-state index >= 15 is 0 Å². The average molecular weight is 304 g/mol. The summed E-state index contributed by atoms with van der Waals surface area (Å²) in [5.74, 6) is 0.242. The molecule has 0 saturated carbocycles. The zero-order chi connectivity index (χ0) is 13.0. The summed E-state index contributed by atoms with van der Waals surface area (Å²) >= 11 is 3.37. The molecule has 3 heteroatoms. The molecule has 0 bridgehead atoms. The zero-order valence-corrected chi connectivity index (χ0v) is 11.7. The largest absolute Gasteiger partial charge is 0.507 e. The van der Waals surface area contributed by atoms with Gasteiger partial charge in [0.25, 0.3) is 0 Å². The number of phenols is 1. The number of rotatable bonds is 3. The molecule has 0 aliphatic carbocycles. The van der Waals surface area contributed by atoms with E-state index in [9.17, 15) is 5.11 Å². The fraction of sp³-hybridized carbons (Fsp3) is 0.133. The zero-order valence-electron chi connectivity index (χ0n) is 10.1. The lowest BCUT2D eigenvalue weighted by Crippen LogP contribution is -1.86. The topological polar surface area (TPSA) is 32.6 Å². The third kappa shape index (κ3) is 3.44. The van der Waals surface area contributed by atoms with Crippen molar-refractivity contribution in [1.82, 2.24) is 0 Å². The fourth-order valence-electron chi connectivity index (χ4n) is 1.69. The first-order valence-corrected chi connectivity index (χ1v) is 6.48. The molecule has 2 aromatic carbocycles. The van der Waals surface area contributed by atoms with Gasteiger partial charge in [-0.15, -0.1) is 0 Å². The highest BCUT2D eigenvalue weighted by molar-refractivity contribution is 9.10. The lowest BCUT2D eigenvalue weighted by Gasteiger charge is -2.00. The Morgan fingerprint density at radius 1 is 1.22 bits per heavy atom. The van der Waals surface area contributed by atoms with Crippen LogP contribution in [-0.2, 0) is 6.54 Å². The van der Waals surface area contributed by atoms with Crippen LogP contribution < -0.4 is 0 Å². The van der Waals surface area contributed by atoms with Crippen molar-refractivity contribution in [2.24, 2.45) is 4.99 Å². The fourth-order valence-corrected chi connectivity index (χ4v) is 2.07. The van der Waals surface area contributed by atoms with Crippen LogP contribution in [0.1, 0.15) is 16.7 Å². The van der Waals surface area contributed by atoms with Gasteiger partial charge >= 0.3 is 0 Å². The van der Waals surface area contributed by atoms with Gasteiger partial charge in [-0.1, -0.05) is 45.8 Å². The van der Waals surface area contributed by atoms with Crippen LogP contribution in [0.2, 0.25) is 0 Å². The van der Waals surface area contributed by atoms with E-state index in [1.54, 1.807) is 18.3 Å². The number of nitrogens with zero attached hydrogens (tertiary/aromatic N) is 1. The Morgan fingerprint density at radius 3 is 2.83 bits per heavy atom. The summed E-state index contributed by atoms with van der Waals surface area (Å²) < 4.78 is 0.928. The molecular formula is C15H14BrNO. The van der Waals surface area contributed by atoms with Crippen molar-refractivity contribution in [3.05, 3.63) is 63.6 Å². The average Bonchev–Trinajstić information content (AvgIpc) is 2.34. The highest BCUT2D eigenvalue weighted by atomic mass is 79.9. The van der Waals surface area contributed by atoms with Crippen LogP contribution in [0.5, 0.6) is 5.75 Å². The maximum atomic E-state index is 9.66. The van der Waals surface area contributed by atoms with E-state index in [2.05, 4.69) is 40.0 Å². The first-order chi connectivity index (χ1) is 8.65. The summed E-state index contributed by atoms with van der Waals surface area (Å²) in [5.41, 5.74) is 3.12. The Balaban J connectivity index is 2.10. The van der Waals surface area contributed by atoms with Crippen molar-refractivity contribution in [2.75, 3.05) is 0 Å². The normalized spacial score (nSPS) is 11.0. The molecule has 0 atom stereocenters. The van der Waals surface area contributed by atoms with Gasteiger partial charge in [0.1, 0.15) is 5.75 Å². The Hall–Kier alpha value is -1.61. The van der Waals surface area contributed by atoms with Crippen molar-refractivity contribution in [3.8, 4) is 5.75 Å². The smallest absolute Gasteiger partial charge is 0.124 e. The second-order valence-corrected chi connectivity index (χ2v) is 5.08. The van der Waals surface area contributed by atoms with E-state index in [0.717, 1.165) is 10.0 Å². The van der Waals surface area contributed by atoms with Gasteiger partial charge in [-0.2, -0.15) is 0 Å². The Bertz CT molecular complexity index is 578. The van der Waals surface area contributed by atoms with Crippen LogP contribution in [0.4, 0.5) is 0 Å². The molecule has 2 rings (SSSR count). The molecule has 1 N–H and O–H groups in total. The van der Waals surface area contributed by atoms with Crippen LogP contribution in [0, 0.1) is 6.92 Å². The Labute approximate surface area is 115 Å². The van der Waals surface area contributed by atoms with Gasteiger partial charge in [-0.25, -0.2) is 0 Å². The molecule has 0 aliphatic heterocycles. The van der Waals surface area contributed by atoms with Gasteiger partial charge in [0.15, 0.2) is 0 Å². The molecule has 0 fully saturated rings. The summed E-state index contributed by atoms with van der Waals surface area (Å²) in [7, 11) is 0. The van der Waals surface area contributed by atoms with E-state index in [4.69, 9.17) is 0 Å². The molecule has 0 spiro atoms. The number of benzene rings is 2. The first kappa shape index (κ1) is 12.8. The Kier molecular flexibility index (Phi) is 4.15. The predicted molar refractivity (Wildman–Crippen MR) is 78.3 cm³/mol. The van der Waals surface area contributed by atoms with E-state index < -0.39 is 0 Å². The second kappa shape index (κ2) is 5.83. The lowest BCUT2D eigenvalue weighted by molar-refractivity contribution is 0.474. The molecule has 92 valence electrons. The number of aromatic hydroxyl groups is 1. The monoisotopic (exact) mass is 303 g/mol. The molecule has 18 heavy (non-hydrogen) atoms. The molecular weight excluding hydrogens is 290 g/mol. The van der Waals surface area contributed by atoms with Gasteiger partial charge in [0.2, 0.25) is 0 Å². The van der Waals surface area contributed by atoms with Crippen LogP contribution in [0.15, 0.2) is 51.9 Å². The van der Waals surface area contributed by atoms with Gasteiger partial charge in [0.05, 0.1) is 6.54 Å². The molecule has 0 saturated heterocycles. The maximum Gasteiger partial charge on any atom is 0.124 e. The highest BCUT2D eigenvalue weighted by Gasteiger charge is 1.98. The summed E-state index contributed by atoms with van der Waals surface area (Å²) in [5, 5.41) is 9.66. The van der Waals surface area contributed by atoms with Crippen LogP contribution in [0.3, 0.4) is 0 Å². The number of aliphatic imine (C=N–C) groups is 1. The third-order valence-electron chi connectivity index (χ3n) is 2.58. The highest BCUT2D eigenvalue weighted by Crippen LogP contribution is 2.20. The third-order valence-corrected chi connectivity index (χ3v) is 3.07. The Morgan fingerprint density at radius 2 is 2.06 bits per heavy atom. The quantitative estimate of drug-likeness (QED) is 0.851. The maximum absolute atomic E-state index is 9.66. The minimum atomic E-state index is 0.242. The predicted octanol–water partition coefficient (Wildman–Crippen LogP) is 4.08. The summed E-state index contributed by atoms with van der Waals surface area (Å²) in [4.78, 5) is 4.35. The van der Waals surface area contributed by atoms with Crippen LogP contribution in [-0.4, -0.2) is 11.3 Å². The first-order valence-electron chi connectivity index (χ1n) is 5.69. The van der Waals surface area contributed by atoms with Crippen molar-refractivity contribution in [3.63, 3.8) is 0 Å². The van der Waals surface area contributed by atoms with Crippen molar-refractivity contribution in [1.29, 1.82) is 0 Å². The minimum Gasteiger partial charge on any atom is -0.507 e. The van der Waals surface area contributed by atoms with Gasteiger partial charge in [-0.3, -0.25) is 4.99 Å². The molecule has 0 heterocycles. The molecule has 2 aromatic rings. The van der Waals surface area contributed by atoms with Gasteiger partial charge in [-0.05, 0) is 30.7 Å². The van der Waals surface area contributed by atoms with Gasteiger partial charge in [0, 0.05) is 16.3 Å². The molecule has 0 unspecified atom stereocenters. The molecule has 2 nitrogen and oxygen atoms in total. The standard InChI is InChI=1S/C15H14BrNO/c1-11-3-2-4-12(7-11)9-17-10-13-8-14(16)5-6-15(13)18/h2-8,10,18H,9H2,1H3. The molecule has 0 radical (unpaired) electrons. The lowest BCUT2D eigenvalue weighted by atomic mass is 10.1. The van der Waals surface area contributed by atoms with Crippen LogP contribution in [0.25, 0.3) is 0 Å². The van der Waals surface area contributed by atoms with E-state index in [-0.39, 0.29) is 5.75 Å². The number of phenolic OH excluding ortho intramolecular Hbond substituents is 1. The summed E-state index contributed by atoms with van der Waals surface area (Å²) in [6, 6.07) is 13.5. The van der Waals surface area contributed by atoms with Crippen LogP contribution >= 0.6 is 15.9 Å². The minimum absolute atomic E-state index is 0.242. The number of halogens is 1. The number of hydrogen-bond donors (Lipinski definition) is 1. The molecule has 0 aromatic heterocycles. The van der Waals surface area contributed by atoms with E-state index in [1.807, 2.05) is 18.2 Å². The SMILES string of the molecule is Cc1cccc(CN=Cc2cc(Br)ccc2O)c1. The van der Waals surface area contributed by atoms with Crippen molar-refractivity contribution < 1.29 is 5.11 Å². The summed E-state index contributed by atoms with van der Waals surface area (Å²) in [6.45, 7) is 2.68. The number of hydrogen-bond acceptors (Lipinski definition) is 2. The molecule has 0 aliphatic rings. The van der Waals surface area contributed by atoms with E-state index in [0.29, 0.717) is 6.54 Å². The molecule has 0 amide bonds.